The summed E-state index contributed by atoms with van der Waals surface area (Å²) in [6.45, 7) is 1.75. The van der Waals surface area contributed by atoms with Crippen LogP contribution in [-0.4, -0.2) is 11.2 Å². The summed E-state index contributed by atoms with van der Waals surface area (Å²) in [5.74, 6) is 0.109. The second-order valence-electron chi connectivity index (χ2n) is 4.66. The van der Waals surface area contributed by atoms with Crippen molar-refractivity contribution in [2.24, 2.45) is 5.73 Å². The minimum Gasteiger partial charge on any atom is -0.475 e. The molecule has 0 radical (unpaired) electrons. The van der Waals surface area contributed by atoms with Gasteiger partial charge >= 0.3 is 6.18 Å². The molecule has 0 amide bonds. The van der Waals surface area contributed by atoms with Gasteiger partial charge in [0.05, 0.1) is 5.69 Å². The fraction of sp³-hybridized carbons (Fsp3) is 0.267. The molecular formula is C15H15F3N2O. The van der Waals surface area contributed by atoms with Gasteiger partial charge in [-0.3, -0.25) is 4.98 Å². The van der Waals surface area contributed by atoms with Crippen LogP contribution < -0.4 is 10.5 Å². The lowest BCUT2D eigenvalue weighted by Crippen LogP contribution is -2.27. The van der Waals surface area contributed by atoms with Crippen molar-refractivity contribution >= 4 is 0 Å². The Kier molecular flexibility index (Phi) is 4.47. The highest BCUT2D eigenvalue weighted by Crippen LogP contribution is 2.36. The van der Waals surface area contributed by atoms with E-state index in [4.69, 9.17) is 10.5 Å². The van der Waals surface area contributed by atoms with Crippen LogP contribution >= 0.6 is 0 Å². The number of hydrogen-bond donors (Lipinski definition) is 1. The highest BCUT2D eigenvalue weighted by molar-refractivity contribution is 5.31. The van der Waals surface area contributed by atoms with Crippen LogP contribution in [0.3, 0.4) is 0 Å². The molecule has 1 heterocycles. The summed E-state index contributed by atoms with van der Waals surface area (Å²) < 4.78 is 44.6. The lowest BCUT2D eigenvalue weighted by atomic mass is 10.1. The highest BCUT2D eigenvalue weighted by Gasteiger charge is 2.44. The smallest absolute Gasteiger partial charge is 0.431 e. The number of pyridine rings is 1. The van der Waals surface area contributed by atoms with E-state index in [0.29, 0.717) is 5.56 Å². The molecule has 2 rings (SSSR count). The fourth-order valence-electron chi connectivity index (χ4n) is 1.83. The monoisotopic (exact) mass is 296 g/mol. The van der Waals surface area contributed by atoms with Crippen LogP contribution in [0.1, 0.15) is 30.3 Å². The van der Waals surface area contributed by atoms with Crippen LogP contribution in [0, 0.1) is 0 Å². The lowest BCUT2D eigenvalue weighted by Gasteiger charge is -2.21. The topological polar surface area (TPSA) is 48.1 Å². The Bertz CT molecular complexity index is 585. The summed E-state index contributed by atoms with van der Waals surface area (Å²) in [4.78, 5) is 3.73. The van der Waals surface area contributed by atoms with Crippen LogP contribution in [-0.2, 0) is 0 Å². The van der Waals surface area contributed by atoms with Gasteiger partial charge < -0.3 is 10.5 Å². The first kappa shape index (κ1) is 15.3. The Morgan fingerprint density at radius 1 is 1.14 bits per heavy atom. The maximum atomic E-state index is 13.2. The van der Waals surface area contributed by atoms with Crippen LogP contribution in [0.2, 0.25) is 0 Å². The van der Waals surface area contributed by atoms with Gasteiger partial charge in [-0.1, -0.05) is 18.2 Å². The summed E-state index contributed by atoms with van der Waals surface area (Å²) in [5, 5.41) is 0. The summed E-state index contributed by atoms with van der Waals surface area (Å²) in [5.41, 5.74) is 6.24. The minimum absolute atomic E-state index is 0.109. The molecule has 6 heteroatoms. The van der Waals surface area contributed by atoms with Crippen molar-refractivity contribution in [3.05, 3.63) is 59.9 Å². The van der Waals surface area contributed by atoms with E-state index in [2.05, 4.69) is 4.98 Å². The molecule has 112 valence electrons. The molecule has 1 aromatic carbocycles. The minimum atomic E-state index is -4.56. The van der Waals surface area contributed by atoms with Gasteiger partial charge in [-0.15, -0.1) is 0 Å². The third-order valence-corrected chi connectivity index (χ3v) is 2.89. The van der Waals surface area contributed by atoms with Crippen LogP contribution in [0.5, 0.6) is 5.75 Å². The number of nitrogens with two attached hydrogens (primary N) is 1. The highest BCUT2D eigenvalue weighted by atomic mass is 19.4. The zero-order valence-corrected chi connectivity index (χ0v) is 11.3. The number of aromatic nitrogens is 1. The van der Waals surface area contributed by atoms with Crippen LogP contribution in [0.15, 0.2) is 48.7 Å². The first-order chi connectivity index (χ1) is 9.88. The zero-order valence-electron chi connectivity index (χ0n) is 11.3. The van der Waals surface area contributed by atoms with Crippen molar-refractivity contribution in [1.82, 2.24) is 4.98 Å². The van der Waals surface area contributed by atoms with E-state index >= 15 is 0 Å². The number of nitrogens with zero attached hydrogens (tertiary/aromatic N) is 1. The average molecular weight is 296 g/mol. The molecule has 2 atom stereocenters. The molecular weight excluding hydrogens is 281 g/mol. The second-order valence-corrected chi connectivity index (χ2v) is 4.66. The Hall–Kier alpha value is -2.08. The Morgan fingerprint density at radius 3 is 2.48 bits per heavy atom. The normalized spacial score (nSPS) is 14.5. The van der Waals surface area contributed by atoms with E-state index in [1.807, 2.05) is 0 Å². The summed E-state index contributed by atoms with van der Waals surface area (Å²) in [6.07, 6.45) is -5.36. The Labute approximate surface area is 120 Å². The standard InChI is InChI=1S/C15H15F3N2O/c1-10(19)11-5-4-6-12(9-11)21-14(15(16,17)18)13-7-2-3-8-20-13/h2-10,14H,19H2,1H3. The van der Waals surface area contributed by atoms with Crippen LogP contribution in [0.4, 0.5) is 13.2 Å². The lowest BCUT2D eigenvalue weighted by molar-refractivity contribution is -0.199. The van der Waals surface area contributed by atoms with E-state index in [-0.39, 0.29) is 17.5 Å². The molecule has 2 N–H and O–H groups in total. The van der Waals surface area contributed by atoms with Gasteiger partial charge in [-0.05, 0) is 36.8 Å². The predicted molar refractivity (Wildman–Crippen MR) is 72.7 cm³/mol. The van der Waals surface area contributed by atoms with E-state index < -0.39 is 12.3 Å². The molecule has 0 saturated carbocycles. The summed E-state index contributed by atoms with van der Waals surface area (Å²) in [7, 11) is 0. The molecule has 1 aromatic heterocycles. The Morgan fingerprint density at radius 2 is 1.90 bits per heavy atom. The number of rotatable bonds is 4. The van der Waals surface area contributed by atoms with Gasteiger partial charge in [0.15, 0.2) is 0 Å². The van der Waals surface area contributed by atoms with Gasteiger partial charge in [-0.25, -0.2) is 0 Å². The van der Waals surface area contributed by atoms with Gasteiger partial charge in [0.25, 0.3) is 0 Å². The van der Waals surface area contributed by atoms with Crippen LogP contribution in [0.25, 0.3) is 0 Å². The maximum Gasteiger partial charge on any atom is 0.431 e. The third kappa shape index (κ3) is 3.95. The van der Waals surface area contributed by atoms with Gasteiger partial charge in [-0.2, -0.15) is 13.2 Å². The summed E-state index contributed by atoms with van der Waals surface area (Å²) >= 11 is 0. The summed E-state index contributed by atoms with van der Waals surface area (Å²) in [6, 6.07) is 10.4. The number of ether oxygens (including phenoxy) is 1. The largest absolute Gasteiger partial charge is 0.475 e. The number of alkyl halides is 3. The van der Waals surface area contributed by atoms with Gasteiger partial charge in [0.2, 0.25) is 6.10 Å². The van der Waals surface area contributed by atoms with Gasteiger partial charge in [0, 0.05) is 12.2 Å². The molecule has 2 unspecified atom stereocenters. The van der Waals surface area contributed by atoms with Crippen molar-refractivity contribution in [3.8, 4) is 5.75 Å². The quantitative estimate of drug-likeness (QED) is 0.934. The third-order valence-electron chi connectivity index (χ3n) is 2.89. The molecule has 0 aliphatic rings. The molecule has 3 nitrogen and oxygen atoms in total. The average Bonchev–Trinajstić information content (AvgIpc) is 2.45. The first-order valence-electron chi connectivity index (χ1n) is 6.38. The fourth-order valence-corrected chi connectivity index (χ4v) is 1.83. The molecule has 0 bridgehead atoms. The van der Waals surface area contributed by atoms with Crippen molar-refractivity contribution in [3.63, 3.8) is 0 Å². The van der Waals surface area contributed by atoms with Crippen molar-refractivity contribution < 1.29 is 17.9 Å². The molecule has 0 aliphatic heterocycles. The van der Waals surface area contributed by atoms with E-state index in [0.717, 1.165) is 0 Å². The van der Waals surface area contributed by atoms with E-state index in [9.17, 15) is 13.2 Å². The van der Waals surface area contributed by atoms with Crippen molar-refractivity contribution in [2.45, 2.75) is 25.2 Å². The second kappa shape index (κ2) is 6.13. The molecule has 21 heavy (non-hydrogen) atoms. The van der Waals surface area contributed by atoms with E-state index in [1.54, 1.807) is 25.1 Å². The number of benzene rings is 1. The molecule has 2 aromatic rings. The SMILES string of the molecule is CC(N)c1cccc(OC(c2ccccn2)C(F)(F)F)c1. The van der Waals surface area contributed by atoms with Crippen molar-refractivity contribution in [1.29, 1.82) is 0 Å². The Balaban J connectivity index is 2.30. The van der Waals surface area contributed by atoms with E-state index in [1.165, 1.54) is 30.5 Å². The number of halogens is 3. The molecule has 0 saturated heterocycles. The van der Waals surface area contributed by atoms with Crippen molar-refractivity contribution in [2.75, 3.05) is 0 Å². The zero-order chi connectivity index (χ0) is 15.5. The first-order valence-corrected chi connectivity index (χ1v) is 6.38. The van der Waals surface area contributed by atoms with Gasteiger partial charge in [0.1, 0.15) is 5.75 Å². The molecule has 0 fully saturated rings. The molecule has 0 spiro atoms. The maximum absolute atomic E-state index is 13.2. The predicted octanol–water partition coefficient (Wildman–Crippen LogP) is 3.78. The number of hydrogen-bond acceptors (Lipinski definition) is 3. The molecule has 0 aliphatic carbocycles.